The minimum Gasteiger partial charge on any atom is -0.481 e. The summed E-state index contributed by atoms with van der Waals surface area (Å²) >= 11 is 0. The van der Waals surface area contributed by atoms with E-state index in [9.17, 15) is 35.1 Å². The summed E-state index contributed by atoms with van der Waals surface area (Å²) in [5.74, 6) is -2.92. The van der Waals surface area contributed by atoms with E-state index in [0.717, 1.165) is 0 Å². The van der Waals surface area contributed by atoms with Gasteiger partial charge in [-0.25, -0.2) is 0 Å². The first-order valence-electron chi connectivity index (χ1n) is 10.4. The first kappa shape index (κ1) is 22.6. The molecule has 0 spiro atoms. The molecule has 1 saturated heterocycles. The molecule has 0 amide bonds. The summed E-state index contributed by atoms with van der Waals surface area (Å²) in [5, 5.41) is 55.7. The largest absolute Gasteiger partial charge is 0.481 e. The van der Waals surface area contributed by atoms with E-state index >= 15 is 0 Å². The lowest BCUT2D eigenvalue weighted by Crippen LogP contribution is -2.89. The molecule has 2 saturated carbocycles. The first-order chi connectivity index (χ1) is 13.1. The molecule has 0 aromatic rings. The minimum absolute atomic E-state index is 0.114. The van der Waals surface area contributed by atoms with Crippen LogP contribution in [0.1, 0.15) is 66.7 Å². The fraction of sp³-hybridized carbons (Fsp3) is 0.905. The van der Waals surface area contributed by atoms with Crippen molar-refractivity contribution in [3.63, 3.8) is 0 Å². The first-order valence-corrected chi connectivity index (χ1v) is 10.4. The Hall–Kier alpha value is -1.06. The molecule has 8 atom stereocenters. The number of carboxylic acids is 1. The van der Waals surface area contributed by atoms with Gasteiger partial charge < -0.3 is 30.3 Å². The summed E-state index contributed by atoms with van der Waals surface area (Å²) in [6, 6.07) is 0. The average molecular weight is 414 g/mol. The van der Waals surface area contributed by atoms with Crippen LogP contribution in [0.3, 0.4) is 0 Å². The molecule has 0 bridgehead atoms. The summed E-state index contributed by atoms with van der Waals surface area (Å²) in [6.45, 7) is 8.31. The number of carboxylic acid groups (broad SMARTS) is 1. The fourth-order valence-electron chi connectivity index (χ4n) is 6.80. The van der Waals surface area contributed by atoms with E-state index in [1.54, 1.807) is 13.8 Å². The van der Waals surface area contributed by atoms with Crippen molar-refractivity contribution >= 4 is 11.8 Å². The Labute approximate surface area is 170 Å². The fourth-order valence-corrected chi connectivity index (χ4v) is 6.80. The highest BCUT2D eigenvalue weighted by Crippen LogP contribution is 2.68. The zero-order valence-corrected chi connectivity index (χ0v) is 17.8. The van der Waals surface area contributed by atoms with Gasteiger partial charge in [0.15, 0.2) is 11.4 Å². The summed E-state index contributed by atoms with van der Waals surface area (Å²) in [6.07, 6.45) is -3.26. The second kappa shape index (κ2) is 6.47. The Bertz CT molecular complexity index is 721. The van der Waals surface area contributed by atoms with Gasteiger partial charge in [0.2, 0.25) is 0 Å². The summed E-state index contributed by atoms with van der Waals surface area (Å²) < 4.78 is 6.06. The molecule has 8 nitrogen and oxygen atoms in total. The standard InChI is InChI=1S/C21H34O8/c1-6-11-9-13(23)21(28)18(4)12(22)7-8-17(2,3)15(18)16(26)20(27,10-14(24)25)19(21,5)29-11/h11-12,15-16,22,26-28H,6-10H2,1-5H3,(H,24,25)/t11-,12+,15+,16+,18+,19-,20+,21+/m1/s1. The van der Waals surface area contributed by atoms with E-state index in [1.807, 2.05) is 13.8 Å². The molecule has 0 aromatic heterocycles. The molecule has 29 heavy (non-hydrogen) atoms. The highest BCUT2D eigenvalue weighted by molar-refractivity contribution is 5.92. The Morgan fingerprint density at radius 2 is 1.76 bits per heavy atom. The van der Waals surface area contributed by atoms with Crippen LogP contribution < -0.4 is 0 Å². The maximum Gasteiger partial charge on any atom is 0.306 e. The van der Waals surface area contributed by atoms with Crippen molar-refractivity contribution in [2.75, 3.05) is 0 Å². The van der Waals surface area contributed by atoms with E-state index in [-0.39, 0.29) is 6.42 Å². The number of ether oxygens (including phenoxy) is 1. The molecule has 3 aliphatic rings. The van der Waals surface area contributed by atoms with Crippen molar-refractivity contribution in [2.45, 2.75) is 102 Å². The van der Waals surface area contributed by atoms with E-state index in [2.05, 4.69) is 0 Å². The summed E-state index contributed by atoms with van der Waals surface area (Å²) in [4.78, 5) is 25.1. The topological polar surface area (TPSA) is 145 Å². The van der Waals surface area contributed by atoms with Crippen molar-refractivity contribution in [1.29, 1.82) is 0 Å². The number of carbonyl (C=O) groups is 2. The van der Waals surface area contributed by atoms with Gasteiger partial charge in [0, 0.05) is 17.8 Å². The van der Waals surface area contributed by atoms with Gasteiger partial charge in [0.25, 0.3) is 0 Å². The number of Topliss-reactive ketones (excluding diaryl/α,β-unsaturated/α-hetero) is 1. The number of rotatable bonds is 3. The van der Waals surface area contributed by atoms with Crippen LogP contribution in [0.2, 0.25) is 0 Å². The van der Waals surface area contributed by atoms with Crippen LogP contribution in [0, 0.1) is 16.7 Å². The number of aliphatic hydroxyl groups is 4. The van der Waals surface area contributed by atoms with E-state index in [4.69, 9.17) is 4.74 Å². The highest BCUT2D eigenvalue weighted by atomic mass is 16.6. The van der Waals surface area contributed by atoms with E-state index in [1.165, 1.54) is 6.92 Å². The molecular formula is C21H34O8. The Morgan fingerprint density at radius 1 is 1.17 bits per heavy atom. The normalized spacial score (nSPS) is 51.8. The third-order valence-electron chi connectivity index (χ3n) is 8.44. The monoisotopic (exact) mass is 414 g/mol. The zero-order valence-electron chi connectivity index (χ0n) is 17.8. The lowest BCUT2D eigenvalue weighted by Gasteiger charge is -2.73. The summed E-state index contributed by atoms with van der Waals surface area (Å²) in [7, 11) is 0. The molecular weight excluding hydrogens is 380 g/mol. The Balaban J connectivity index is 2.36. The molecule has 2 aliphatic carbocycles. The number of hydrogen-bond acceptors (Lipinski definition) is 7. The molecule has 8 heteroatoms. The zero-order chi connectivity index (χ0) is 22.2. The Kier molecular flexibility index (Phi) is 5.05. The van der Waals surface area contributed by atoms with Crippen LogP contribution in [-0.4, -0.2) is 72.4 Å². The van der Waals surface area contributed by atoms with Gasteiger partial charge in [0.05, 0.1) is 24.7 Å². The van der Waals surface area contributed by atoms with Gasteiger partial charge in [-0.15, -0.1) is 0 Å². The lowest BCUT2D eigenvalue weighted by molar-refractivity contribution is -0.392. The van der Waals surface area contributed by atoms with Crippen molar-refractivity contribution < 1.29 is 39.9 Å². The van der Waals surface area contributed by atoms with Crippen LogP contribution in [0.25, 0.3) is 0 Å². The second-order valence-electron chi connectivity index (χ2n) is 10.3. The van der Waals surface area contributed by atoms with Crippen LogP contribution >= 0.6 is 0 Å². The number of aliphatic hydroxyl groups excluding tert-OH is 2. The highest BCUT2D eigenvalue weighted by Gasteiger charge is 2.83. The van der Waals surface area contributed by atoms with Crippen LogP contribution in [0.15, 0.2) is 0 Å². The molecule has 0 aromatic carbocycles. The maximum absolute atomic E-state index is 13.4. The molecule has 1 aliphatic heterocycles. The SMILES string of the molecule is CC[C@@H]1CC(=O)[C@]2(O)[C@@]3(C)[C@@H](O)CCC(C)(C)[C@@H]3[C@H](O)[C@@](O)(CC(=O)O)[C@@]2(C)O1. The number of fused-ring (bicyclic) bond motifs is 3. The van der Waals surface area contributed by atoms with Gasteiger partial charge >= 0.3 is 5.97 Å². The van der Waals surface area contributed by atoms with E-state index in [0.29, 0.717) is 19.3 Å². The molecule has 3 fully saturated rings. The van der Waals surface area contributed by atoms with Crippen LogP contribution in [0.5, 0.6) is 0 Å². The number of carbonyl (C=O) groups excluding carboxylic acids is 1. The molecule has 166 valence electrons. The van der Waals surface area contributed by atoms with Gasteiger partial charge in [-0.05, 0) is 31.6 Å². The maximum atomic E-state index is 13.4. The Morgan fingerprint density at radius 3 is 2.28 bits per heavy atom. The molecule has 0 radical (unpaired) electrons. The van der Waals surface area contributed by atoms with Crippen molar-refractivity contribution in [3.05, 3.63) is 0 Å². The molecule has 1 heterocycles. The predicted molar refractivity (Wildman–Crippen MR) is 102 cm³/mol. The third-order valence-corrected chi connectivity index (χ3v) is 8.44. The molecule has 3 rings (SSSR count). The van der Waals surface area contributed by atoms with Gasteiger partial charge in [0.1, 0.15) is 11.2 Å². The number of aliphatic carboxylic acids is 1. The minimum atomic E-state index is -2.43. The van der Waals surface area contributed by atoms with Crippen LogP contribution in [0.4, 0.5) is 0 Å². The van der Waals surface area contributed by atoms with Crippen molar-refractivity contribution in [2.24, 2.45) is 16.7 Å². The predicted octanol–water partition coefficient (Wildman–Crippen LogP) is 0.628. The number of ketones is 1. The second-order valence-corrected chi connectivity index (χ2v) is 10.3. The van der Waals surface area contributed by atoms with Crippen molar-refractivity contribution in [3.8, 4) is 0 Å². The molecule has 0 unspecified atom stereocenters. The lowest BCUT2D eigenvalue weighted by atomic mass is 9.37. The quantitative estimate of drug-likeness (QED) is 0.452. The number of hydrogen-bond donors (Lipinski definition) is 5. The van der Waals surface area contributed by atoms with Crippen LogP contribution in [-0.2, 0) is 14.3 Å². The third kappa shape index (κ3) is 2.50. The average Bonchev–Trinajstić information content (AvgIpc) is 2.60. The van der Waals surface area contributed by atoms with E-state index < -0.39 is 70.0 Å². The van der Waals surface area contributed by atoms with Gasteiger partial charge in [-0.2, -0.15) is 0 Å². The van der Waals surface area contributed by atoms with Crippen molar-refractivity contribution in [1.82, 2.24) is 0 Å². The van der Waals surface area contributed by atoms with Gasteiger partial charge in [-0.3, -0.25) is 9.59 Å². The summed E-state index contributed by atoms with van der Waals surface area (Å²) in [5.41, 5.74) is -9.15. The smallest absolute Gasteiger partial charge is 0.306 e. The van der Waals surface area contributed by atoms with Gasteiger partial charge in [-0.1, -0.05) is 27.7 Å². The molecule has 5 N–H and O–H groups in total.